The van der Waals surface area contributed by atoms with Crippen molar-refractivity contribution < 1.29 is 9.52 Å². The number of aliphatic hydroxyl groups excluding tert-OH is 1. The van der Waals surface area contributed by atoms with Gasteiger partial charge < -0.3 is 9.52 Å². The maximum atomic E-state index is 8.69. The molecule has 0 aliphatic carbocycles. The zero-order valence-electron chi connectivity index (χ0n) is 7.86. The van der Waals surface area contributed by atoms with Crippen molar-refractivity contribution in [2.24, 2.45) is 0 Å². The molecular formula is C10H11NO2S. The Morgan fingerprint density at radius 3 is 3.14 bits per heavy atom. The van der Waals surface area contributed by atoms with Crippen molar-refractivity contribution in [2.45, 2.75) is 11.8 Å². The van der Waals surface area contributed by atoms with Gasteiger partial charge in [-0.05, 0) is 18.2 Å². The predicted octanol–water partition coefficient (Wildman–Crippen LogP) is 2.22. The maximum absolute atomic E-state index is 8.69. The van der Waals surface area contributed by atoms with Gasteiger partial charge in [-0.2, -0.15) is 0 Å². The summed E-state index contributed by atoms with van der Waals surface area (Å²) in [6.45, 7) is 2.03. The molecule has 3 nitrogen and oxygen atoms in total. The minimum Gasteiger partial charge on any atom is -0.441 e. The van der Waals surface area contributed by atoms with Crippen LogP contribution in [0.3, 0.4) is 0 Å². The van der Waals surface area contributed by atoms with Crippen LogP contribution in [0.15, 0.2) is 27.5 Å². The van der Waals surface area contributed by atoms with Gasteiger partial charge in [-0.25, -0.2) is 4.98 Å². The average Bonchev–Trinajstić information content (AvgIpc) is 2.54. The summed E-state index contributed by atoms with van der Waals surface area (Å²) >= 11 is 1.61. The summed E-state index contributed by atoms with van der Waals surface area (Å²) in [6, 6.07) is 5.87. The predicted molar refractivity (Wildman–Crippen MR) is 56.6 cm³/mol. The van der Waals surface area contributed by atoms with Gasteiger partial charge in [-0.1, -0.05) is 0 Å². The molecule has 0 bridgehead atoms. The highest BCUT2D eigenvalue weighted by Crippen LogP contribution is 2.23. The van der Waals surface area contributed by atoms with Gasteiger partial charge in [0.05, 0.1) is 6.61 Å². The summed E-state index contributed by atoms with van der Waals surface area (Å²) in [7, 11) is 0. The van der Waals surface area contributed by atoms with E-state index < -0.39 is 0 Å². The van der Waals surface area contributed by atoms with E-state index in [1.54, 1.807) is 11.8 Å². The molecule has 0 atom stereocenters. The van der Waals surface area contributed by atoms with Gasteiger partial charge in [0.2, 0.25) is 0 Å². The van der Waals surface area contributed by atoms with Gasteiger partial charge in [0.15, 0.2) is 11.5 Å². The second-order valence-electron chi connectivity index (χ2n) is 2.93. The number of hydrogen-bond acceptors (Lipinski definition) is 4. The quantitative estimate of drug-likeness (QED) is 0.787. The number of aromatic nitrogens is 1. The fourth-order valence-corrected chi connectivity index (χ4v) is 1.96. The van der Waals surface area contributed by atoms with E-state index in [1.807, 2.05) is 25.1 Å². The van der Waals surface area contributed by atoms with E-state index in [2.05, 4.69) is 4.98 Å². The summed E-state index contributed by atoms with van der Waals surface area (Å²) in [5.74, 6) is 1.40. The average molecular weight is 209 g/mol. The van der Waals surface area contributed by atoms with E-state index in [0.717, 1.165) is 16.0 Å². The second-order valence-corrected chi connectivity index (χ2v) is 4.10. The second kappa shape index (κ2) is 4.02. The highest BCUT2D eigenvalue weighted by Gasteiger charge is 2.02. The van der Waals surface area contributed by atoms with Crippen LogP contribution in [0.2, 0.25) is 0 Å². The number of oxazole rings is 1. The lowest BCUT2D eigenvalue weighted by atomic mass is 10.3. The summed E-state index contributed by atoms with van der Waals surface area (Å²) in [5, 5.41) is 8.69. The van der Waals surface area contributed by atoms with Gasteiger partial charge in [0.1, 0.15) is 5.52 Å². The SMILES string of the molecule is Cc1nc2cc(SCCO)ccc2o1. The Labute approximate surface area is 86.1 Å². The standard InChI is InChI=1S/C10H11NO2S/c1-7-11-9-6-8(14-5-4-12)2-3-10(9)13-7/h2-3,6,12H,4-5H2,1H3. The Kier molecular flexibility index (Phi) is 2.74. The van der Waals surface area contributed by atoms with Crippen LogP contribution in [0.1, 0.15) is 5.89 Å². The molecule has 0 saturated heterocycles. The summed E-state index contributed by atoms with van der Waals surface area (Å²) in [4.78, 5) is 5.35. The topological polar surface area (TPSA) is 46.3 Å². The van der Waals surface area contributed by atoms with E-state index in [0.29, 0.717) is 11.6 Å². The van der Waals surface area contributed by atoms with E-state index in [-0.39, 0.29) is 6.61 Å². The van der Waals surface area contributed by atoms with Crippen LogP contribution in [0, 0.1) is 6.92 Å². The lowest BCUT2D eigenvalue weighted by molar-refractivity contribution is 0.322. The normalized spacial score (nSPS) is 11.0. The first kappa shape index (κ1) is 9.55. The van der Waals surface area contributed by atoms with Gasteiger partial charge >= 0.3 is 0 Å². The third-order valence-electron chi connectivity index (χ3n) is 1.83. The molecular weight excluding hydrogens is 198 g/mol. The Balaban J connectivity index is 2.31. The number of rotatable bonds is 3. The summed E-state index contributed by atoms with van der Waals surface area (Å²) in [6.07, 6.45) is 0. The molecule has 1 heterocycles. The van der Waals surface area contributed by atoms with Crippen molar-refractivity contribution in [1.82, 2.24) is 4.98 Å². The molecule has 4 heteroatoms. The fourth-order valence-electron chi connectivity index (χ4n) is 1.28. The zero-order chi connectivity index (χ0) is 9.97. The number of hydrogen-bond donors (Lipinski definition) is 1. The molecule has 2 rings (SSSR count). The van der Waals surface area contributed by atoms with Crippen molar-refractivity contribution >= 4 is 22.9 Å². The van der Waals surface area contributed by atoms with Crippen LogP contribution in [-0.4, -0.2) is 22.5 Å². The van der Waals surface area contributed by atoms with Crippen LogP contribution in [0.4, 0.5) is 0 Å². The number of benzene rings is 1. The zero-order valence-corrected chi connectivity index (χ0v) is 8.67. The number of aryl methyl sites for hydroxylation is 1. The lowest BCUT2D eigenvalue weighted by Crippen LogP contribution is -1.84. The Morgan fingerprint density at radius 2 is 2.36 bits per heavy atom. The molecule has 74 valence electrons. The van der Waals surface area contributed by atoms with Gasteiger partial charge in [-0.3, -0.25) is 0 Å². The van der Waals surface area contributed by atoms with Crippen LogP contribution < -0.4 is 0 Å². The molecule has 0 fully saturated rings. The monoisotopic (exact) mass is 209 g/mol. The van der Waals surface area contributed by atoms with Gasteiger partial charge in [-0.15, -0.1) is 11.8 Å². The van der Waals surface area contributed by atoms with Crippen LogP contribution >= 0.6 is 11.8 Å². The van der Waals surface area contributed by atoms with Crippen LogP contribution in [0.25, 0.3) is 11.1 Å². The molecule has 0 aliphatic heterocycles. The van der Waals surface area contributed by atoms with Gasteiger partial charge in [0.25, 0.3) is 0 Å². The number of aliphatic hydroxyl groups is 1. The lowest BCUT2D eigenvalue weighted by Gasteiger charge is -1.97. The first-order valence-corrected chi connectivity index (χ1v) is 5.39. The maximum Gasteiger partial charge on any atom is 0.192 e. The Morgan fingerprint density at radius 1 is 1.50 bits per heavy atom. The highest BCUT2D eigenvalue weighted by molar-refractivity contribution is 7.99. The first-order valence-electron chi connectivity index (χ1n) is 4.40. The van der Waals surface area contributed by atoms with Crippen LogP contribution in [0.5, 0.6) is 0 Å². The first-order chi connectivity index (χ1) is 6.79. The molecule has 0 spiro atoms. The molecule has 0 aliphatic rings. The van der Waals surface area contributed by atoms with E-state index in [1.165, 1.54) is 0 Å². The van der Waals surface area contributed by atoms with Gasteiger partial charge in [0, 0.05) is 17.6 Å². The Hall–Kier alpha value is -1.00. The minimum atomic E-state index is 0.195. The number of thioether (sulfide) groups is 1. The number of nitrogens with zero attached hydrogens (tertiary/aromatic N) is 1. The van der Waals surface area contributed by atoms with E-state index >= 15 is 0 Å². The molecule has 2 aromatic rings. The van der Waals surface area contributed by atoms with Crippen LogP contribution in [-0.2, 0) is 0 Å². The molecule has 0 unspecified atom stereocenters. The van der Waals surface area contributed by atoms with E-state index in [9.17, 15) is 0 Å². The number of fused-ring (bicyclic) bond motifs is 1. The van der Waals surface area contributed by atoms with E-state index in [4.69, 9.17) is 9.52 Å². The summed E-state index contributed by atoms with van der Waals surface area (Å²) < 4.78 is 5.36. The molecule has 1 N–H and O–H groups in total. The van der Waals surface area contributed by atoms with Crippen molar-refractivity contribution in [2.75, 3.05) is 12.4 Å². The molecule has 1 aromatic heterocycles. The fraction of sp³-hybridized carbons (Fsp3) is 0.300. The molecule has 0 radical (unpaired) electrons. The highest BCUT2D eigenvalue weighted by atomic mass is 32.2. The molecule has 0 saturated carbocycles. The smallest absolute Gasteiger partial charge is 0.192 e. The summed E-state index contributed by atoms with van der Waals surface area (Å²) in [5.41, 5.74) is 1.70. The minimum absolute atomic E-state index is 0.195. The third-order valence-corrected chi connectivity index (χ3v) is 2.80. The van der Waals surface area contributed by atoms with Crippen molar-refractivity contribution in [3.63, 3.8) is 0 Å². The Bertz CT molecular complexity index is 439. The van der Waals surface area contributed by atoms with Crippen molar-refractivity contribution in [3.8, 4) is 0 Å². The largest absolute Gasteiger partial charge is 0.441 e. The molecule has 0 amide bonds. The van der Waals surface area contributed by atoms with Crippen molar-refractivity contribution in [1.29, 1.82) is 0 Å². The van der Waals surface area contributed by atoms with Crippen molar-refractivity contribution in [3.05, 3.63) is 24.1 Å². The third kappa shape index (κ3) is 1.91. The molecule has 1 aromatic carbocycles. The molecule has 14 heavy (non-hydrogen) atoms.